The number of hydrogen-bond acceptors (Lipinski definition) is 3. The van der Waals surface area contributed by atoms with Crippen LogP contribution in [0.15, 0.2) is 0 Å². The second kappa shape index (κ2) is 6.48. The molecule has 1 amide bonds. The Balaban J connectivity index is 4.21. The van der Waals surface area contributed by atoms with Gasteiger partial charge in [0.05, 0.1) is 0 Å². The first-order valence-electron chi connectivity index (χ1n) is 5.39. The summed E-state index contributed by atoms with van der Waals surface area (Å²) >= 11 is 0. The highest BCUT2D eigenvalue weighted by Crippen LogP contribution is 2.19. The highest BCUT2D eigenvalue weighted by atomic mass is 16.5. The smallest absolute Gasteiger partial charge is 0.326 e. The first kappa shape index (κ1) is 14.9. The molecule has 0 bridgehead atoms. The van der Waals surface area contributed by atoms with E-state index in [0.717, 1.165) is 6.42 Å². The number of carboxylic acid groups (broad SMARTS) is 1. The zero-order chi connectivity index (χ0) is 12.8. The maximum absolute atomic E-state index is 11.4. The summed E-state index contributed by atoms with van der Waals surface area (Å²) in [7, 11) is 0. The molecule has 1 atom stereocenters. The molecule has 0 aliphatic heterocycles. The van der Waals surface area contributed by atoms with Gasteiger partial charge in [0.2, 0.25) is 5.91 Å². The van der Waals surface area contributed by atoms with Crippen molar-refractivity contribution in [1.82, 2.24) is 5.32 Å². The fraction of sp³-hybridized carbons (Fsp3) is 0.818. The summed E-state index contributed by atoms with van der Waals surface area (Å²) in [4.78, 5) is 22.3. The predicted molar refractivity (Wildman–Crippen MR) is 60.1 cm³/mol. The van der Waals surface area contributed by atoms with Crippen LogP contribution < -0.4 is 5.32 Å². The molecule has 5 heteroatoms. The molecule has 0 fully saturated rings. The molecule has 0 aromatic heterocycles. The van der Waals surface area contributed by atoms with Gasteiger partial charge in [0.1, 0.15) is 12.6 Å². The normalized spacial score (nSPS) is 13.2. The lowest BCUT2D eigenvalue weighted by Crippen LogP contribution is -2.50. The lowest BCUT2D eigenvalue weighted by atomic mass is 9.87. The Labute approximate surface area is 96.2 Å². The molecule has 0 rings (SSSR count). The third-order valence-electron chi connectivity index (χ3n) is 2.00. The van der Waals surface area contributed by atoms with Crippen molar-refractivity contribution in [3.63, 3.8) is 0 Å². The number of ether oxygens (including phenoxy) is 1. The number of hydrogen-bond donors (Lipinski definition) is 2. The predicted octanol–water partition coefficient (Wildman–Crippen LogP) is 1.03. The Kier molecular flexibility index (Phi) is 6.03. The molecule has 0 radical (unpaired) electrons. The summed E-state index contributed by atoms with van der Waals surface area (Å²) in [5, 5.41) is 11.4. The molecular formula is C11H21NO4. The van der Waals surface area contributed by atoms with E-state index in [1.807, 2.05) is 6.92 Å². The van der Waals surface area contributed by atoms with E-state index in [0.29, 0.717) is 6.61 Å². The van der Waals surface area contributed by atoms with Gasteiger partial charge in [0, 0.05) is 6.61 Å². The molecule has 0 aliphatic rings. The van der Waals surface area contributed by atoms with E-state index in [2.05, 4.69) is 5.32 Å². The van der Waals surface area contributed by atoms with Gasteiger partial charge >= 0.3 is 5.97 Å². The molecule has 0 unspecified atom stereocenters. The van der Waals surface area contributed by atoms with Crippen LogP contribution in [0, 0.1) is 5.41 Å². The quantitative estimate of drug-likeness (QED) is 0.669. The molecule has 2 N–H and O–H groups in total. The standard InChI is InChI=1S/C11H21NO4/c1-5-6-16-7-8(13)12-9(10(14)15)11(2,3)4/h9H,5-7H2,1-4H3,(H,12,13)(H,14,15)/t9-/m1/s1. The van der Waals surface area contributed by atoms with E-state index >= 15 is 0 Å². The molecule has 5 nitrogen and oxygen atoms in total. The molecule has 0 aliphatic carbocycles. The number of rotatable bonds is 6. The van der Waals surface area contributed by atoms with Gasteiger partial charge in [0.25, 0.3) is 0 Å². The highest BCUT2D eigenvalue weighted by Gasteiger charge is 2.32. The van der Waals surface area contributed by atoms with Crippen LogP contribution in [-0.2, 0) is 14.3 Å². The average molecular weight is 231 g/mol. The van der Waals surface area contributed by atoms with Crippen molar-refractivity contribution in [3.8, 4) is 0 Å². The summed E-state index contributed by atoms with van der Waals surface area (Å²) in [6.45, 7) is 7.64. The second-order valence-electron chi connectivity index (χ2n) is 4.76. The zero-order valence-corrected chi connectivity index (χ0v) is 10.4. The Morgan fingerprint density at radius 2 is 1.94 bits per heavy atom. The van der Waals surface area contributed by atoms with Crippen molar-refractivity contribution in [2.75, 3.05) is 13.2 Å². The van der Waals surface area contributed by atoms with Gasteiger partial charge in [-0.25, -0.2) is 4.79 Å². The molecule has 16 heavy (non-hydrogen) atoms. The van der Waals surface area contributed by atoms with Gasteiger partial charge in [-0.3, -0.25) is 4.79 Å². The maximum atomic E-state index is 11.4. The van der Waals surface area contributed by atoms with Crippen LogP contribution in [0.5, 0.6) is 0 Å². The third-order valence-corrected chi connectivity index (χ3v) is 2.00. The minimum absolute atomic E-state index is 0.0896. The van der Waals surface area contributed by atoms with Crippen LogP contribution in [-0.4, -0.2) is 36.2 Å². The Bertz CT molecular complexity index is 245. The van der Waals surface area contributed by atoms with Crippen LogP contribution in [0.2, 0.25) is 0 Å². The average Bonchev–Trinajstić information content (AvgIpc) is 2.12. The van der Waals surface area contributed by atoms with Crippen LogP contribution in [0.25, 0.3) is 0 Å². The minimum atomic E-state index is -1.03. The number of aliphatic carboxylic acids is 1. The number of carboxylic acids is 1. The summed E-state index contributed by atoms with van der Waals surface area (Å²) in [5.41, 5.74) is -0.522. The van der Waals surface area contributed by atoms with Crippen molar-refractivity contribution < 1.29 is 19.4 Å². The number of carbonyl (C=O) groups excluding carboxylic acids is 1. The SMILES string of the molecule is CCCOCC(=O)N[C@H](C(=O)O)C(C)(C)C. The Morgan fingerprint density at radius 3 is 2.31 bits per heavy atom. The fourth-order valence-electron chi connectivity index (χ4n) is 1.16. The van der Waals surface area contributed by atoms with Gasteiger partial charge in [-0.15, -0.1) is 0 Å². The van der Waals surface area contributed by atoms with Gasteiger partial charge in [0.15, 0.2) is 0 Å². The lowest BCUT2D eigenvalue weighted by Gasteiger charge is -2.27. The second-order valence-corrected chi connectivity index (χ2v) is 4.76. The number of carbonyl (C=O) groups is 2. The summed E-state index contributed by atoms with van der Waals surface area (Å²) in [6.07, 6.45) is 0.828. The fourth-order valence-corrected chi connectivity index (χ4v) is 1.16. The molecule has 0 aromatic carbocycles. The van der Waals surface area contributed by atoms with Crippen molar-refractivity contribution in [1.29, 1.82) is 0 Å². The molecule has 0 saturated heterocycles. The van der Waals surface area contributed by atoms with Crippen molar-refractivity contribution in [2.45, 2.75) is 40.2 Å². The summed E-state index contributed by atoms with van der Waals surface area (Å²) in [5.74, 6) is -1.42. The van der Waals surface area contributed by atoms with E-state index in [1.54, 1.807) is 20.8 Å². The van der Waals surface area contributed by atoms with Gasteiger partial charge in [-0.2, -0.15) is 0 Å². The van der Waals surface area contributed by atoms with Crippen molar-refractivity contribution in [2.24, 2.45) is 5.41 Å². The van der Waals surface area contributed by atoms with Crippen LogP contribution >= 0.6 is 0 Å². The summed E-state index contributed by atoms with van der Waals surface area (Å²) in [6, 6.07) is -0.898. The first-order chi connectivity index (χ1) is 7.29. The highest BCUT2D eigenvalue weighted by molar-refractivity contribution is 5.84. The molecule has 0 aromatic rings. The molecule has 0 saturated carbocycles. The molecule has 94 valence electrons. The Morgan fingerprint density at radius 1 is 1.38 bits per heavy atom. The summed E-state index contributed by atoms with van der Waals surface area (Å²) < 4.78 is 5.03. The first-order valence-corrected chi connectivity index (χ1v) is 5.39. The topological polar surface area (TPSA) is 75.6 Å². The van der Waals surface area contributed by atoms with Crippen LogP contribution in [0.4, 0.5) is 0 Å². The van der Waals surface area contributed by atoms with E-state index in [9.17, 15) is 9.59 Å². The molecule has 0 spiro atoms. The lowest BCUT2D eigenvalue weighted by molar-refractivity contribution is -0.145. The third kappa shape index (κ3) is 5.70. The van der Waals surface area contributed by atoms with Crippen molar-refractivity contribution >= 4 is 11.9 Å². The molecular weight excluding hydrogens is 210 g/mol. The zero-order valence-electron chi connectivity index (χ0n) is 10.4. The monoisotopic (exact) mass is 231 g/mol. The number of amides is 1. The van der Waals surface area contributed by atoms with E-state index < -0.39 is 23.3 Å². The largest absolute Gasteiger partial charge is 0.480 e. The Hall–Kier alpha value is -1.10. The van der Waals surface area contributed by atoms with Crippen LogP contribution in [0.3, 0.4) is 0 Å². The minimum Gasteiger partial charge on any atom is -0.480 e. The van der Waals surface area contributed by atoms with Crippen molar-refractivity contribution in [3.05, 3.63) is 0 Å². The number of nitrogens with one attached hydrogen (secondary N) is 1. The van der Waals surface area contributed by atoms with E-state index in [-0.39, 0.29) is 6.61 Å². The van der Waals surface area contributed by atoms with Gasteiger partial charge < -0.3 is 15.2 Å². The van der Waals surface area contributed by atoms with Gasteiger partial charge in [-0.05, 0) is 11.8 Å². The van der Waals surface area contributed by atoms with E-state index in [1.165, 1.54) is 0 Å². The van der Waals surface area contributed by atoms with Gasteiger partial charge in [-0.1, -0.05) is 27.7 Å². The molecule has 0 heterocycles. The van der Waals surface area contributed by atoms with Crippen LogP contribution in [0.1, 0.15) is 34.1 Å². The van der Waals surface area contributed by atoms with E-state index in [4.69, 9.17) is 9.84 Å². The maximum Gasteiger partial charge on any atom is 0.326 e.